The number of hydrogen-bond donors (Lipinski definition) is 2. The van der Waals surface area contributed by atoms with E-state index in [0.29, 0.717) is 24.4 Å². The van der Waals surface area contributed by atoms with E-state index in [1.165, 1.54) is 24.8 Å². The molecule has 0 bridgehead atoms. The van der Waals surface area contributed by atoms with Gasteiger partial charge in [0, 0.05) is 30.0 Å². The first kappa shape index (κ1) is 21.4. The molecule has 0 saturated carbocycles. The Kier molecular flexibility index (Phi) is 6.64. The highest BCUT2D eigenvalue weighted by Gasteiger charge is 2.27. The summed E-state index contributed by atoms with van der Waals surface area (Å²) in [4.78, 5) is 25.0. The largest absolute Gasteiger partial charge is 0.352 e. The van der Waals surface area contributed by atoms with E-state index in [0.717, 1.165) is 16.0 Å². The minimum atomic E-state index is -3.71. The summed E-state index contributed by atoms with van der Waals surface area (Å²) in [5, 5.41) is 4.64. The van der Waals surface area contributed by atoms with Gasteiger partial charge in [0.1, 0.15) is 0 Å². The monoisotopic (exact) mass is 432 g/mol. The van der Waals surface area contributed by atoms with E-state index in [1.54, 1.807) is 12.1 Å². The summed E-state index contributed by atoms with van der Waals surface area (Å²) in [5.41, 5.74) is 2.60. The van der Waals surface area contributed by atoms with Crippen LogP contribution in [0, 0.1) is 6.92 Å². The second kappa shape index (κ2) is 9.00. The minimum Gasteiger partial charge on any atom is -0.352 e. The first-order chi connectivity index (χ1) is 13.8. The molecule has 1 aliphatic heterocycles. The van der Waals surface area contributed by atoms with Gasteiger partial charge in [0.25, 0.3) is 0 Å². The molecule has 1 unspecified atom stereocenters. The van der Waals surface area contributed by atoms with Gasteiger partial charge in [-0.2, -0.15) is 0 Å². The molecule has 0 spiro atoms. The molecule has 2 N–H and O–H groups in total. The molecule has 6 nitrogen and oxygen atoms in total. The number of hydrogen-bond acceptors (Lipinski definition) is 5. The zero-order valence-electron chi connectivity index (χ0n) is 16.4. The van der Waals surface area contributed by atoms with Crippen molar-refractivity contribution in [3.05, 3.63) is 53.6 Å². The summed E-state index contributed by atoms with van der Waals surface area (Å²) in [6.45, 7) is 3.87. The molecule has 0 fully saturated rings. The van der Waals surface area contributed by atoms with Gasteiger partial charge < -0.3 is 10.6 Å². The summed E-state index contributed by atoms with van der Waals surface area (Å²) < 4.78 is 25.9. The number of amides is 2. The smallest absolute Gasteiger partial charge is 0.225 e. The number of carbonyl (C=O) groups excluding carboxylic acids is 2. The van der Waals surface area contributed by atoms with Crippen LogP contribution in [0.5, 0.6) is 0 Å². The first-order valence-electron chi connectivity index (χ1n) is 9.38. The number of benzene rings is 2. The lowest BCUT2D eigenvalue weighted by Crippen LogP contribution is -2.29. The van der Waals surface area contributed by atoms with Crippen molar-refractivity contribution in [1.29, 1.82) is 0 Å². The standard InChI is InChI=1S/C21H24N2O4S2/c1-14-3-5-16(6-4-14)13-22-21(25)11-15(2)29(26,27)17-7-8-19-18(12-17)23-20(24)9-10-28-19/h3-8,12,15H,9-11,13H2,1-2H3,(H,22,25)(H,23,24). The van der Waals surface area contributed by atoms with Gasteiger partial charge in [0.2, 0.25) is 11.8 Å². The lowest BCUT2D eigenvalue weighted by atomic mass is 10.1. The van der Waals surface area contributed by atoms with Crippen LogP contribution in [0.15, 0.2) is 52.3 Å². The van der Waals surface area contributed by atoms with Crippen LogP contribution in [-0.2, 0) is 26.0 Å². The topological polar surface area (TPSA) is 92.3 Å². The summed E-state index contributed by atoms with van der Waals surface area (Å²) in [6, 6.07) is 12.5. The van der Waals surface area contributed by atoms with Crippen LogP contribution in [0.1, 0.15) is 30.9 Å². The Morgan fingerprint density at radius 2 is 1.93 bits per heavy atom. The van der Waals surface area contributed by atoms with Crippen molar-refractivity contribution in [1.82, 2.24) is 5.32 Å². The molecule has 1 heterocycles. The van der Waals surface area contributed by atoms with Gasteiger partial charge in [-0.25, -0.2) is 8.42 Å². The van der Waals surface area contributed by atoms with Gasteiger partial charge in [-0.3, -0.25) is 9.59 Å². The predicted molar refractivity (Wildman–Crippen MR) is 115 cm³/mol. The van der Waals surface area contributed by atoms with Crippen LogP contribution in [-0.4, -0.2) is 31.2 Å². The third-order valence-electron chi connectivity index (χ3n) is 4.75. The van der Waals surface area contributed by atoms with Gasteiger partial charge in [0.05, 0.1) is 15.8 Å². The molecule has 8 heteroatoms. The molecule has 1 atom stereocenters. The van der Waals surface area contributed by atoms with Crippen LogP contribution in [0.2, 0.25) is 0 Å². The van der Waals surface area contributed by atoms with Crippen LogP contribution in [0.25, 0.3) is 0 Å². The minimum absolute atomic E-state index is 0.109. The number of aryl methyl sites for hydroxylation is 1. The zero-order chi connectivity index (χ0) is 21.0. The van der Waals surface area contributed by atoms with Crippen molar-refractivity contribution >= 4 is 39.1 Å². The van der Waals surface area contributed by atoms with Crippen molar-refractivity contribution in [3.63, 3.8) is 0 Å². The number of thioether (sulfide) groups is 1. The second-order valence-electron chi connectivity index (χ2n) is 7.13. The van der Waals surface area contributed by atoms with Gasteiger partial charge in [-0.1, -0.05) is 29.8 Å². The van der Waals surface area contributed by atoms with Crippen molar-refractivity contribution in [2.45, 2.75) is 48.3 Å². The van der Waals surface area contributed by atoms with Gasteiger partial charge in [-0.15, -0.1) is 11.8 Å². The van der Waals surface area contributed by atoms with E-state index in [4.69, 9.17) is 0 Å². The molecule has 2 aromatic rings. The van der Waals surface area contributed by atoms with Crippen LogP contribution in [0.3, 0.4) is 0 Å². The Morgan fingerprint density at radius 1 is 1.21 bits per heavy atom. The summed E-state index contributed by atoms with van der Waals surface area (Å²) in [7, 11) is -3.71. The summed E-state index contributed by atoms with van der Waals surface area (Å²) in [5.74, 6) is 0.206. The normalized spacial score (nSPS) is 15.0. The lowest BCUT2D eigenvalue weighted by molar-refractivity contribution is -0.121. The average Bonchev–Trinajstić information content (AvgIpc) is 2.87. The Morgan fingerprint density at radius 3 is 2.66 bits per heavy atom. The first-order valence-corrected chi connectivity index (χ1v) is 11.9. The van der Waals surface area contributed by atoms with Crippen molar-refractivity contribution in [3.8, 4) is 0 Å². The van der Waals surface area contributed by atoms with Gasteiger partial charge >= 0.3 is 0 Å². The average molecular weight is 433 g/mol. The van der Waals surface area contributed by atoms with Gasteiger partial charge in [0.15, 0.2) is 9.84 Å². The fourth-order valence-electron chi connectivity index (χ4n) is 2.96. The Bertz CT molecular complexity index is 1020. The van der Waals surface area contributed by atoms with E-state index >= 15 is 0 Å². The molecule has 3 rings (SSSR count). The van der Waals surface area contributed by atoms with Crippen molar-refractivity contribution in [2.24, 2.45) is 0 Å². The molecule has 0 saturated heterocycles. The predicted octanol–water partition coefficient (Wildman–Crippen LogP) is 3.30. The van der Waals surface area contributed by atoms with E-state index < -0.39 is 15.1 Å². The fourth-order valence-corrected chi connectivity index (χ4v) is 5.27. The number of rotatable bonds is 6. The highest BCUT2D eigenvalue weighted by molar-refractivity contribution is 7.99. The molecule has 0 aromatic heterocycles. The van der Waals surface area contributed by atoms with Crippen LogP contribution < -0.4 is 10.6 Å². The van der Waals surface area contributed by atoms with E-state index in [9.17, 15) is 18.0 Å². The molecule has 154 valence electrons. The highest BCUT2D eigenvalue weighted by Crippen LogP contribution is 2.33. The third-order valence-corrected chi connectivity index (χ3v) is 7.97. The maximum absolute atomic E-state index is 12.9. The molecule has 1 aliphatic rings. The highest BCUT2D eigenvalue weighted by atomic mass is 32.2. The summed E-state index contributed by atoms with van der Waals surface area (Å²) in [6.07, 6.45) is 0.255. The zero-order valence-corrected chi connectivity index (χ0v) is 18.0. The molecule has 2 amide bonds. The number of carbonyl (C=O) groups is 2. The molecule has 2 aromatic carbocycles. The molecule has 0 radical (unpaired) electrons. The maximum atomic E-state index is 12.9. The molecular formula is C21H24N2O4S2. The number of fused-ring (bicyclic) bond motifs is 1. The Balaban J connectivity index is 1.66. The molecular weight excluding hydrogens is 408 g/mol. The second-order valence-corrected chi connectivity index (χ2v) is 10.6. The number of nitrogens with one attached hydrogen (secondary N) is 2. The number of sulfone groups is 1. The number of anilines is 1. The maximum Gasteiger partial charge on any atom is 0.225 e. The van der Waals surface area contributed by atoms with Crippen LogP contribution >= 0.6 is 11.8 Å². The van der Waals surface area contributed by atoms with Crippen molar-refractivity contribution in [2.75, 3.05) is 11.1 Å². The fraction of sp³-hybridized carbons (Fsp3) is 0.333. The van der Waals surface area contributed by atoms with E-state index in [-0.39, 0.29) is 23.1 Å². The van der Waals surface area contributed by atoms with E-state index in [1.807, 2.05) is 31.2 Å². The molecule has 29 heavy (non-hydrogen) atoms. The summed E-state index contributed by atoms with van der Waals surface area (Å²) >= 11 is 1.51. The quantitative estimate of drug-likeness (QED) is 0.731. The van der Waals surface area contributed by atoms with Crippen LogP contribution in [0.4, 0.5) is 5.69 Å². The van der Waals surface area contributed by atoms with Crippen molar-refractivity contribution < 1.29 is 18.0 Å². The Labute approximate surface area is 175 Å². The lowest BCUT2D eigenvalue weighted by Gasteiger charge is -2.15. The van der Waals surface area contributed by atoms with E-state index in [2.05, 4.69) is 10.6 Å². The molecule has 0 aliphatic carbocycles. The third kappa shape index (κ3) is 5.39. The SMILES string of the molecule is Cc1ccc(CNC(=O)CC(C)S(=O)(=O)c2ccc3c(c2)NC(=O)CCS3)cc1. The Hall–Kier alpha value is -2.32. The van der Waals surface area contributed by atoms with Gasteiger partial charge in [-0.05, 0) is 37.6 Å².